The second kappa shape index (κ2) is 10.8. The Kier molecular flexibility index (Phi) is 7.31. The second-order valence-corrected chi connectivity index (χ2v) is 10.2. The summed E-state index contributed by atoms with van der Waals surface area (Å²) in [6, 6.07) is 17.6. The average Bonchev–Trinajstić information content (AvgIpc) is 3.36. The predicted octanol–water partition coefficient (Wildman–Crippen LogP) is 4.95. The van der Waals surface area contributed by atoms with Crippen LogP contribution in [0.25, 0.3) is 10.8 Å². The van der Waals surface area contributed by atoms with Gasteiger partial charge in [0, 0.05) is 37.1 Å². The third kappa shape index (κ3) is 4.95. The normalized spacial score (nSPS) is 16.5. The number of piperidine rings is 1. The molecule has 2 saturated heterocycles. The van der Waals surface area contributed by atoms with Gasteiger partial charge in [0.1, 0.15) is 0 Å². The minimum absolute atomic E-state index is 0.0631. The molecule has 8 nitrogen and oxygen atoms in total. The van der Waals surface area contributed by atoms with E-state index in [-0.39, 0.29) is 23.8 Å². The monoisotopic (exact) mass is 517 g/mol. The lowest BCUT2D eigenvalue weighted by molar-refractivity contribution is -0.130. The number of carbonyl (C=O) groups excluding carboxylic acids is 2. The number of ether oxygens (including phenoxy) is 3. The first-order chi connectivity index (χ1) is 18.5. The summed E-state index contributed by atoms with van der Waals surface area (Å²) < 4.78 is 16.4. The Bertz CT molecular complexity index is 1330. The largest absolute Gasteiger partial charge is 0.493 e. The average molecular weight is 518 g/mol. The number of carbonyl (C=O) groups is 2. The van der Waals surface area contributed by atoms with E-state index in [1.807, 2.05) is 58.3 Å². The van der Waals surface area contributed by atoms with Gasteiger partial charge in [-0.3, -0.25) is 4.79 Å². The van der Waals surface area contributed by atoms with Crippen molar-refractivity contribution in [3.63, 3.8) is 0 Å². The molecule has 8 heteroatoms. The van der Waals surface area contributed by atoms with Gasteiger partial charge < -0.3 is 29.3 Å². The van der Waals surface area contributed by atoms with Gasteiger partial charge in [0.15, 0.2) is 11.5 Å². The standard InChI is InChI=1S/C30H35N3O5/c1-36-25-12-11-22(27(37-2)28(25)38-3)19-26(34)33-18-15-30(20-33)13-16-32(17-14-30)29(35)31-24-10-6-8-21-7-4-5-9-23(21)24/h4-12H,13-20H2,1-3H3,(H,31,35). The van der Waals surface area contributed by atoms with Gasteiger partial charge in [-0.2, -0.15) is 0 Å². The van der Waals surface area contributed by atoms with E-state index < -0.39 is 0 Å². The van der Waals surface area contributed by atoms with Crippen molar-refractivity contribution in [2.75, 3.05) is 52.8 Å². The fourth-order valence-corrected chi connectivity index (χ4v) is 5.85. The number of nitrogens with zero attached hydrogens (tertiary/aromatic N) is 2. The Morgan fingerprint density at radius 2 is 1.50 bits per heavy atom. The topological polar surface area (TPSA) is 80.3 Å². The van der Waals surface area contributed by atoms with E-state index in [2.05, 4.69) is 5.32 Å². The highest BCUT2D eigenvalue weighted by Crippen LogP contribution is 2.42. The van der Waals surface area contributed by atoms with Gasteiger partial charge in [0.25, 0.3) is 0 Å². The first-order valence-corrected chi connectivity index (χ1v) is 13.1. The van der Waals surface area contributed by atoms with Crippen molar-refractivity contribution in [3.8, 4) is 17.2 Å². The van der Waals surface area contributed by atoms with Crippen LogP contribution in [0.1, 0.15) is 24.8 Å². The van der Waals surface area contributed by atoms with Crippen molar-refractivity contribution in [1.82, 2.24) is 9.80 Å². The molecule has 0 aromatic heterocycles. The molecule has 0 atom stereocenters. The summed E-state index contributed by atoms with van der Waals surface area (Å²) in [7, 11) is 4.70. The summed E-state index contributed by atoms with van der Waals surface area (Å²) in [5, 5.41) is 5.24. The highest BCUT2D eigenvalue weighted by molar-refractivity contribution is 6.01. The van der Waals surface area contributed by atoms with Crippen molar-refractivity contribution in [1.29, 1.82) is 0 Å². The molecule has 0 bridgehead atoms. The summed E-state index contributed by atoms with van der Waals surface area (Å²) in [4.78, 5) is 30.2. The van der Waals surface area contributed by atoms with Crippen LogP contribution in [0.2, 0.25) is 0 Å². The smallest absolute Gasteiger partial charge is 0.321 e. The van der Waals surface area contributed by atoms with E-state index in [9.17, 15) is 9.59 Å². The molecular weight excluding hydrogens is 482 g/mol. The lowest BCUT2D eigenvalue weighted by atomic mass is 9.78. The molecule has 0 aliphatic carbocycles. The maximum absolute atomic E-state index is 13.3. The quantitative estimate of drug-likeness (QED) is 0.500. The van der Waals surface area contributed by atoms with E-state index in [1.54, 1.807) is 27.4 Å². The van der Waals surface area contributed by atoms with Crippen LogP contribution in [0, 0.1) is 5.41 Å². The van der Waals surface area contributed by atoms with Crippen molar-refractivity contribution >= 4 is 28.4 Å². The van der Waals surface area contributed by atoms with Crippen LogP contribution in [0.5, 0.6) is 17.2 Å². The van der Waals surface area contributed by atoms with Crippen LogP contribution in [0.3, 0.4) is 0 Å². The molecule has 0 radical (unpaired) electrons. The molecule has 2 fully saturated rings. The van der Waals surface area contributed by atoms with E-state index in [4.69, 9.17) is 14.2 Å². The van der Waals surface area contributed by atoms with Crippen molar-refractivity contribution in [3.05, 3.63) is 60.2 Å². The molecule has 200 valence electrons. The number of hydrogen-bond acceptors (Lipinski definition) is 5. The van der Waals surface area contributed by atoms with E-state index >= 15 is 0 Å². The fraction of sp³-hybridized carbons (Fsp3) is 0.400. The van der Waals surface area contributed by atoms with E-state index in [1.165, 1.54) is 0 Å². The first-order valence-electron chi connectivity index (χ1n) is 13.1. The van der Waals surface area contributed by atoms with Gasteiger partial charge in [-0.15, -0.1) is 0 Å². The lowest BCUT2D eigenvalue weighted by Crippen LogP contribution is -2.46. The molecule has 1 spiro atoms. The minimum atomic E-state index is -0.0670. The number of methoxy groups -OCH3 is 3. The molecule has 0 unspecified atom stereocenters. The van der Waals surface area contributed by atoms with Gasteiger partial charge >= 0.3 is 6.03 Å². The molecular formula is C30H35N3O5. The summed E-state index contributed by atoms with van der Waals surface area (Å²) in [6.45, 7) is 2.82. The van der Waals surface area contributed by atoms with Gasteiger partial charge in [-0.05, 0) is 42.2 Å². The molecule has 3 amide bonds. The molecule has 2 aliphatic rings. The maximum Gasteiger partial charge on any atom is 0.321 e. The second-order valence-electron chi connectivity index (χ2n) is 10.2. The number of urea groups is 1. The Labute approximate surface area is 223 Å². The highest BCUT2D eigenvalue weighted by atomic mass is 16.5. The zero-order valence-electron chi connectivity index (χ0n) is 22.3. The van der Waals surface area contributed by atoms with Gasteiger partial charge in [-0.25, -0.2) is 4.79 Å². The number of benzene rings is 3. The van der Waals surface area contributed by atoms with Crippen LogP contribution in [-0.2, 0) is 11.2 Å². The number of amides is 3. The summed E-state index contributed by atoms with van der Waals surface area (Å²) >= 11 is 0. The van der Waals surface area contributed by atoms with Gasteiger partial charge in [0.05, 0.1) is 33.4 Å². The van der Waals surface area contributed by atoms with Crippen LogP contribution in [0.4, 0.5) is 10.5 Å². The number of hydrogen-bond donors (Lipinski definition) is 1. The van der Waals surface area contributed by atoms with Crippen molar-refractivity contribution in [2.24, 2.45) is 5.41 Å². The van der Waals surface area contributed by atoms with Gasteiger partial charge in [0.2, 0.25) is 11.7 Å². The number of rotatable bonds is 6. The summed E-state index contributed by atoms with van der Waals surface area (Å²) in [5.41, 5.74) is 1.67. The third-order valence-electron chi connectivity index (χ3n) is 8.06. The molecule has 5 rings (SSSR count). The lowest BCUT2D eigenvalue weighted by Gasteiger charge is -2.39. The van der Waals surface area contributed by atoms with E-state index in [0.717, 1.165) is 54.4 Å². The number of nitrogens with one attached hydrogen (secondary N) is 1. The van der Waals surface area contributed by atoms with Crippen LogP contribution in [0.15, 0.2) is 54.6 Å². The number of fused-ring (bicyclic) bond motifs is 1. The molecule has 38 heavy (non-hydrogen) atoms. The van der Waals surface area contributed by atoms with Crippen LogP contribution in [-0.4, -0.2) is 69.2 Å². The molecule has 0 saturated carbocycles. The van der Waals surface area contributed by atoms with Crippen LogP contribution >= 0.6 is 0 Å². The maximum atomic E-state index is 13.3. The van der Waals surface area contributed by atoms with Crippen molar-refractivity contribution < 1.29 is 23.8 Å². The minimum Gasteiger partial charge on any atom is -0.493 e. The number of likely N-dealkylation sites (tertiary alicyclic amines) is 2. The van der Waals surface area contributed by atoms with Gasteiger partial charge in [-0.1, -0.05) is 42.5 Å². The summed E-state index contributed by atoms with van der Waals surface area (Å²) in [6.07, 6.45) is 2.97. The van der Waals surface area contributed by atoms with Crippen LogP contribution < -0.4 is 19.5 Å². The molecule has 2 heterocycles. The molecule has 3 aromatic carbocycles. The molecule has 2 aliphatic heterocycles. The Morgan fingerprint density at radius 3 is 2.21 bits per heavy atom. The Balaban J connectivity index is 1.19. The molecule has 3 aromatic rings. The van der Waals surface area contributed by atoms with E-state index in [0.29, 0.717) is 30.3 Å². The highest BCUT2D eigenvalue weighted by Gasteiger charge is 2.42. The Hall–Kier alpha value is -3.94. The third-order valence-corrected chi connectivity index (χ3v) is 8.06. The SMILES string of the molecule is COc1ccc(CC(=O)N2CCC3(CCN(C(=O)Nc4cccc5ccccc45)CC3)C2)c(OC)c1OC. The molecule has 1 N–H and O–H groups in total. The number of anilines is 1. The first kappa shape index (κ1) is 25.7. The Morgan fingerprint density at radius 1 is 0.816 bits per heavy atom. The predicted molar refractivity (Wildman–Crippen MR) is 147 cm³/mol. The fourth-order valence-electron chi connectivity index (χ4n) is 5.85. The zero-order chi connectivity index (χ0) is 26.7. The zero-order valence-corrected chi connectivity index (χ0v) is 22.3. The summed E-state index contributed by atoms with van der Waals surface area (Å²) in [5.74, 6) is 1.66. The van der Waals surface area contributed by atoms with Crippen molar-refractivity contribution in [2.45, 2.75) is 25.7 Å².